The summed E-state index contributed by atoms with van der Waals surface area (Å²) in [7, 11) is 0. The van der Waals surface area contributed by atoms with E-state index >= 15 is 0 Å². The van der Waals surface area contributed by atoms with Crippen molar-refractivity contribution in [1.82, 2.24) is 5.32 Å². The molecule has 0 radical (unpaired) electrons. The fourth-order valence-electron chi connectivity index (χ4n) is 0.824. The predicted molar refractivity (Wildman–Crippen MR) is 52.6 cm³/mol. The van der Waals surface area contributed by atoms with E-state index in [1.165, 1.54) is 0 Å². The molecule has 0 saturated heterocycles. The van der Waals surface area contributed by atoms with Crippen LogP contribution in [0.4, 0.5) is 4.79 Å². The summed E-state index contributed by atoms with van der Waals surface area (Å²) in [5.41, 5.74) is 4.48. The summed E-state index contributed by atoms with van der Waals surface area (Å²) in [6.45, 7) is 7.00. The Morgan fingerprint density at radius 1 is 1.43 bits per heavy atom. The largest absolute Gasteiger partial charge is 0.444 e. The summed E-state index contributed by atoms with van der Waals surface area (Å²) in [4.78, 5) is 22.0. The van der Waals surface area contributed by atoms with E-state index in [0.717, 1.165) is 0 Å². The molecule has 0 aliphatic heterocycles. The third-order valence-electron chi connectivity index (χ3n) is 1.44. The van der Waals surface area contributed by atoms with Crippen LogP contribution >= 0.6 is 0 Å². The Bertz CT molecular complexity index is 221. The normalized spacial score (nSPS) is 13.1. The maximum absolute atomic E-state index is 11.2. The molecule has 0 bridgehead atoms. The molecule has 0 spiro atoms. The predicted octanol–water partition coefficient (Wildman–Crippen LogP) is 0.775. The summed E-state index contributed by atoms with van der Waals surface area (Å²) in [6.07, 6.45) is -0.169. The highest BCUT2D eigenvalue weighted by Gasteiger charge is 2.20. The summed E-state index contributed by atoms with van der Waals surface area (Å²) in [5, 5.41) is 2.39. The van der Waals surface area contributed by atoms with Gasteiger partial charge in [-0.1, -0.05) is 6.92 Å². The molecule has 0 aliphatic carbocycles. The smallest absolute Gasteiger partial charge is 0.408 e. The molecule has 5 heteroatoms. The van der Waals surface area contributed by atoms with E-state index in [4.69, 9.17) is 10.5 Å². The van der Waals surface area contributed by atoms with Crippen molar-refractivity contribution in [1.29, 1.82) is 0 Å². The number of nitrogens with one attached hydrogen (secondary N) is 1. The van der Waals surface area contributed by atoms with Crippen LogP contribution < -0.4 is 11.1 Å². The maximum atomic E-state index is 11.2. The minimum Gasteiger partial charge on any atom is -0.444 e. The van der Waals surface area contributed by atoms with Crippen molar-refractivity contribution < 1.29 is 14.3 Å². The van der Waals surface area contributed by atoms with Gasteiger partial charge in [-0.05, 0) is 27.2 Å². The molecule has 0 aliphatic rings. The molecule has 0 fully saturated rings. The second-order valence-corrected chi connectivity index (χ2v) is 4.01. The van der Waals surface area contributed by atoms with E-state index < -0.39 is 23.6 Å². The molecular formula is C9H18N2O3. The van der Waals surface area contributed by atoms with Crippen molar-refractivity contribution in [3.8, 4) is 0 Å². The Morgan fingerprint density at radius 3 is 2.21 bits per heavy atom. The van der Waals surface area contributed by atoms with Crippen molar-refractivity contribution in [3.05, 3.63) is 0 Å². The first-order valence-corrected chi connectivity index (χ1v) is 4.55. The summed E-state index contributed by atoms with van der Waals surface area (Å²) < 4.78 is 4.96. The molecule has 0 heterocycles. The number of hydrogen-bond acceptors (Lipinski definition) is 3. The van der Waals surface area contributed by atoms with Gasteiger partial charge in [-0.25, -0.2) is 4.79 Å². The maximum Gasteiger partial charge on any atom is 0.408 e. The Hall–Kier alpha value is -1.26. The van der Waals surface area contributed by atoms with E-state index in [1.807, 2.05) is 0 Å². The fourth-order valence-corrected chi connectivity index (χ4v) is 0.824. The van der Waals surface area contributed by atoms with Gasteiger partial charge in [0, 0.05) is 0 Å². The molecule has 5 nitrogen and oxygen atoms in total. The molecule has 0 aromatic rings. The van der Waals surface area contributed by atoms with Gasteiger partial charge in [0.1, 0.15) is 11.6 Å². The van der Waals surface area contributed by atoms with Gasteiger partial charge in [0.2, 0.25) is 5.91 Å². The standard InChI is InChI=1S/C9H18N2O3/c1-5-6(7(10)12)11-8(13)14-9(2,3)4/h6H,5H2,1-4H3,(H2,10,12)(H,11,13). The quantitative estimate of drug-likeness (QED) is 0.709. The van der Waals surface area contributed by atoms with Gasteiger partial charge < -0.3 is 15.8 Å². The van der Waals surface area contributed by atoms with Crippen LogP contribution in [0.5, 0.6) is 0 Å². The highest BCUT2D eigenvalue weighted by atomic mass is 16.6. The Balaban J connectivity index is 4.11. The summed E-state index contributed by atoms with van der Waals surface area (Å²) in [5.74, 6) is -0.557. The third-order valence-corrected chi connectivity index (χ3v) is 1.44. The van der Waals surface area contributed by atoms with Crippen LogP contribution in [0.25, 0.3) is 0 Å². The van der Waals surface area contributed by atoms with Gasteiger partial charge in [0.05, 0.1) is 0 Å². The highest BCUT2D eigenvalue weighted by Crippen LogP contribution is 2.06. The van der Waals surface area contributed by atoms with Crippen LogP contribution in [0.1, 0.15) is 34.1 Å². The zero-order valence-electron chi connectivity index (χ0n) is 9.09. The Kier molecular flexibility index (Phi) is 4.40. The second-order valence-electron chi connectivity index (χ2n) is 4.01. The number of hydrogen-bond donors (Lipinski definition) is 2. The van der Waals surface area contributed by atoms with E-state index in [2.05, 4.69) is 5.32 Å². The van der Waals surface area contributed by atoms with Gasteiger partial charge in [0.25, 0.3) is 0 Å². The van der Waals surface area contributed by atoms with Gasteiger partial charge >= 0.3 is 6.09 Å². The molecule has 0 saturated carbocycles. The van der Waals surface area contributed by atoms with E-state index in [9.17, 15) is 9.59 Å². The number of alkyl carbamates (subject to hydrolysis) is 1. The third kappa shape index (κ3) is 5.40. The van der Waals surface area contributed by atoms with Crippen LogP contribution in [0.2, 0.25) is 0 Å². The minimum absolute atomic E-state index is 0.453. The number of ether oxygens (including phenoxy) is 1. The molecule has 0 aromatic carbocycles. The molecule has 0 rings (SSSR count). The van der Waals surface area contributed by atoms with Crippen molar-refractivity contribution >= 4 is 12.0 Å². The van der Waals surface area contributed by atoms with Crippen LogP contribution in [0, 0.1) is 0 Å². The number of rotatable bonds is 3. The lowest BCUT2D eigenvalue weighted by Gasteiger charge is -2.21. The SMILES string of the molecule is CCC(NC(=O)OC(C)(C)C)C(N)=O. The lowest BCUT2D eigenvalue weighted by atomic mass is 10.2. The zero-order chi connectivity index (χ0) is 11.4. The van der Waals surface area contributed by atoms with E-state index in [1.54, 1.807) is 27.7 Å². The first-order chi connectivity index (χ1) is 6.26. The topological polar surface area (TPSA) is 81.4 Å². The van der Waals surface area contributed by atoms with Crippen LogP contribution in [-0.2, 0) is 9.53 Å². The molecule has 1 unspecified atom stereocenters. The number of carbonyl (C=O) groups is 2. The lowest BCUT2D eigenvalue weighted by molar-refractivity contribution is -0.120. The summed E-state index contributed by atoms with van der Waals surface area (Å²) >= 11 is 0. The Morgan fingerprint density at radius 2 is 1.93 bits per heavy atom. The number of carbonyl (C=O) groups excluding carboxylic acids is 2. The monoisotopic (exact) mass is 202 g/mol. The molecule has 2 amide bonds. The molecule has 14 heavy (non-hydrogen) atoms. The van der Waals surface area contributed by atoms with Crippen molar-refractivity contribution in [2.24, 2.45) is 5.73 Å². The summed E-state index contributed by atoms with van der Waals surface area (Å²) in [6, 6.07) is -0.662. The van der Waals surface area contributed by atoms with E-state index in [-0.39, 0.29) is 0 Å². The number of nitrogens with two attached hydrogens (primary N) is 1. The van der Waals surface area contributed by atoms with Crippen LogP contribution in [-0.4, -0.2) is 23.6 Å². The molecule has 0 aromatic heterocycles. The first kappa shape index (κ1) is 12.7. The molecule has 1 atom stereocenters. The molecule has 3 N–H and O–H groups in total. The van der Waals surface area contributed by atoms with Crippen molar-refractivity contribution in [3.63, 3.8) is 0 Å². The van der Waals surface area contributed by atoms with Crippen molar-refractivity contribution in [2.75, 3.05) is 0 Å². The average Bonchev–Trinajstić information content (AvgIpc) is 1.96. The van der Waals surface area contributed by atoms with Crippen LogP contribution in [0.3, 0.4) is 0 Å². The van der Waals surface area contributed by atoms with Crippen molar-refractivity contribution in [2.45, 2.75) is 45.8 Å². The average molecular weight is 202 g/mol. The molecule has 82 valence electrons. The fraction of sp³-hybridized carbons (Fsp3) is 0.778. The lowest BCUT2D eigenvalue weighted by Crippen LogP contribution is -2.45. The number of primary amides is 1. The first-order valence-electron chi connectivity index (χ1n) is 4.55. The highest BCUT2D eigenvalue weighted by molar-refractivity contribution is 5.84. The van der Waals surface area contributed by atoms with Gasteiger partial charge in [-0.15, -0.1) is 0 Å². The Labute approximate surface area is 84.0 Å². The minimum atomic E-state index is -0.662. The molecular weight excluding hydrogens is 184 g/mol. The van der Waals surface area contributed by atoms with Gasteiger partial charge in [-0.2, -0.15) is 0 Å². The van der Waals surface area contributed by atoms with Crippen LogP contribution in [0.15, 0.2) is 0 Å². The number of amides is 2. The van der Waals surface area contributed by atoms with E-state index in [0.29, 0.717) is 6.42 Å². The zero-order valence-corrected chi connectivity index (χ0v) is 9.09. The second kappa shape index (κ2) is 4.83. The van der Waals surface area contributed by atoms with Gasteiger partial charge in [0.15, 0.2) is 0 Å². The van der Waals surface area contributed by atoms with Gasteiger partial charge in [-0.3, -0.25) is 4.79 Å².